The number of rotatable bonds is 3. The minimum Gasteiger partial charge on any atom is -0.497 e. The van der Waals surface area contributed by atoms with E-state index in [4.69, 9.17) is 10.5 Å². The van der Waals surface area contributed by atoms with Gasteiger partial charge in [-0.1, -0.05) is 0 Å². The highest BCUT2D eigenvalue weighted by Gasteiger charge is 2.28. The molecule has 21 heavy (non-hydrogen) atoms. The zero-order chi connectivity index (χ0) is 15.4. The summed E-state index contributed by atoms with van der Waals surface area (Å²) < 4.78 is 5.14. The first-order valence-corrected chi connectivity index (χ1v) is 7.00. The summed E-state index contributed by atoms with van der Waals surface area (Å²) in [5, 5.41) is 2.64. The zero-order valence-corrected chi connectivity index (χ0v) is 12.4. The van der Waals surface area contributed by atoms with E-state index in [1.54, 1.807) is 30.1 Å². The highest BCUT2D eigenvalue weighted by atomic mass is 16.5. The van der Waals surface area contributed by atoms with Gasteiger partial charge in [-0.2, -0.15) is 0 Å². The number of nitrogens with two attached hydrogens (primary N) is 1. The standard InChI is InChI=1S/C15H21N3O3/c1-17-14(19)10-4-3-5-18(9-10)15(20)11-6-12(16)8-13(7-11)21-2/h6-8,10H,3-5,9,16H2,1-2H3,(H,17,19). The maximum Gasteiger partial charge on any atom is 0.254 e. The number of carbonyl (C=O) groups excluding carboxylic acids is 2. The van der Waals surface area contributed by atoms with Crippen LogP contribution >= 0.6 is 0 Å². The van der Waals surface area contributed by atoms with Gasteiger partial charge in [0.05, 0.1) is 13.0 Å². The molecule has 0 aromatic heterocycles. The average molecular weight is 291 g/mol. The van der Waals surface area contributed by atoms with Crippen molar-refractivity contribution in [3.05, 3.63) is 23.8 Å². The van der Waals surface area contributed by atoms with Gasteiger partial charge in [0.15, 0.2) is 0 Å². The van der Waals surface area contributed by atoms with Crippen LogP contribution in [0.1, 0.15) is 23.2 Å². The second-order valence-electron chi connectivity index (χ2n) is 5.20. The van der Waals surface area contributed by atoms with Gasteiger partial charge >= 0.3 is 0 Å². The van der Waals surface area contributed by atoms with Gasteiger partial charge in [0, 0.05) is 37.5 Å². The molecule has 0 aliphatic carbocycles. The molecule has 1 aliphatic rings. The van der Waals surface area contributed by atoms with E-state index in [0.717, 1.165) is 12.8 Å². The van der Waals surface area contributed by atoms with Crippen LogP contribution in [-0.2, 0) is 4.79 Å². The molecular formula is C15H21N3O3. The smallest absolute Gasteiger partial charge is 0.254 e. The lowest BCUT2D eigenvalue weighted by atomic mass is 9.96. The molecule has 0 saturated carbocycles. The van der Waals surface area contributed by atoms with E-state index < -0.39 is 0 Å². The molecule has 2 amide bonds. The summed E-state index contributed by atoms with van der Waals surface area (Å²) in [6.07, 6.45) is 1.63. The quantitative estimate of drug-likeness (QED) is 0.810. The molecule has 3 N–H and O–H groups in total. The largest absolute Gasteiger partial charge is 0.497 e. The van der Waals surface area contributed by atoms with Crippen LogP contribution in [0.4, 0.5) is 5.69 Å². The molecule has 0 spiro atoms. The van der Waals surface area contributed by atoms with Crippen molar-refractivity contribution in [2.75, 3.05) is 33.0 Å². The number of nitrogens with zero attached hydrogens (tertiary/aromatic N) is 1. The Morgan fingerprint density at radius 1 is 1.38 bits per heavy atom. The highest BCUT2D eigenvalue weighted by molar-refractivity contribution is 5.96. The van der Waals surface area contributed by atoms with E-state index in [1.165, 1.54) is 7.11 Å². The Kier molecular flexibility index (Phi) is 4.67. The van der Waals surface area contributed by atoms with Gasteiger partial charge in [0.2, 0.25) is 5.91 Å². The number of piperidine rings is 1. The summed E-state index contributed by atoms with van der Waals surface area (Å²) in [5.74, 6) is 0.278. The maximum atomic E-state index is 12.6. The third kappa shape index (κ3) is 3.45. The van der Waals surface area contributed by atoms with Crippen molar-refractivity contribution in [2.24, 2.45) is 5.92 Å². The summed E-state index contributed by atoms with van der Waals surface area (Å²) in [4.78, 5) is 26.0. The van der Waals surface area contributed by atoms with Crippen LogP contribution in [0.25, 0.3) is 0 Å². The number of anilines is 1. The van der Waals surface area contributed by atoms with Crippen molar-refractivity contribution in [2.45, 2.75) is 12.8 Å². The first kappa shape index (κ1) is 15.2. The molecule has 1 aromatic rings. The van der Waals surface area contributed by atoms with Crippen LogP contribution in [0.2, 0.25) is 0 Å². The van der Waals surface area contributed by atoms with Gasteiger partial charge < -0.3 is 20.7 Å². The average Bonchev–Trinajstić information content (AvgIpc) is 2.52. The third-order valence-corrected chi connectivity index (χ3v) is 3.74. The summed E-state index contributed by atoms with van der Waals surface area (Å²) in [7, 11) is 3.15. The van der Waals surface area contributed by atoms with E-state index in [0.29, 0.717) is 30.1 Å². The second-order valence-corrected chi connectivity index (χ2v) is 5.20. The van der Waals surface area contributed by atoms with Crippen molar-refractivity contribution in [1.82, 2.24) is 10.2 Å². The van der Waals surface area contributed by atoms with Gasteiger partial charge in [-0.3, -0.25) is 9.59 Å². The Bertz CT molecular complexity index is 545. The Labute approximate surface area is 124 Å². The number of hydrogen-bond acceptors (Lipinski definition) is 4. The molecule has 1 aliphatic heterocycles. The molecular weight excluding hydrogens is 270 g/mol. The third-order valence-electron chi connectivity index (χ3n) is 3.74. The van der Waals surface area contributed by atoms with E-state index in [-0.39, 0.29) is 17.7 Å². The van der Waals surface area contributed by atoms with Crippen LogP contribution in [0.5, 0.6) is 5.75 Å². The van der Waals surface area contributed by atoms with Crippen molar-refractivity contribution >= 4 is 17.5 Å². The molecule has 6 nitrogen and oxygen atoms in total. The fourth-order valence-electron chi connectivity index (χ4n) is 2.63. The van der Waals surface area contributed by atoms with Crippen molar-refractivity contribution in [1.29, 1.82) is 0 Å². The van der Waals surface area contributed by atoms with E-state index in [2.05, 4.69) is 5.32 Å². The molecule has 1 heterocycles. The topological polar surface area (TPSA) is 84.7 Å². The SMILES string of the molecule is CNC(=O)C1CCCN(C(=O)c2cc(N)cc(OC)c2)C1. The lowest BCUT2D eigenvalue weighted by molar-refractivity contribution is -0.125. The predicted octanol–water partition coefficient (Wildman–Crippen LogP) is 0.876. The van der Waals surface area contributed by atoms with Gasteiger partial charge in [0.1, 0.15) is 5.75 Å². The lowest BCUT2D eigenvalue weighted by Crippen LogP contribution is -2.44. The van der Waals surface area contributed by atoms with Gasteiger partial charge in [-0.25, -0.2) is 0 Å². The number of ether oxygens (including phenoxy) is 1. The highest BCUT2D eigenvalue weighted by Crippen LogP contribution is 2.23. The van der Waals surface area contributed by atoms with E-state index >= 15 is 0 Å². The Balaban J connectivity index is 2.15. The van der Waals surface area contributed by atoms with Gasteiger partial charge in [-0.05, 0) is 25.0 Å². The number of benzene rings is 1. The molecule has 1 saturated heterocycles. The second kappa shape index (κ2) is 6.47. The minimum atomic E-state index is -0.143. The van der Waals surface area contributed by atoms with Crippen molar-refractivity contribution in [3.63, 3.8) is 0 Å². The van der Waals surface area contributed by atoms with Crippen LogP contribution in [0.15, 0.2) is 18.2 Å². The zero-order valence-electron chi connectivity index (χ0n) is 12.4. The normalized spacial score (nSPS) is 18.2. The first-order chi connectivity index (χ1) is 10.0. The Morgan fingerprint density at radius 3 is 2.81 bits per heavy atom. The molecule has 0 radical (unpaired) electrons. The molecule has 2 rings (SSSR count). The molecule has 1 unspecified atom stereocenters. The van der Waals surface area contributed by atoms with Gasteiger partial charge in [0.25, 0.3) is 5.91 Å². The van der Waals surface area contributed by atoms with Crippen LogP contribution in [0, 0.1) is 5.92 Å². The number of amides is 2. The van der Waals surface area contributed by atoms with Crippen LogP contribution in [0.3, 0.4) is 0 Å². The molecule has 114 valence electrons. The Hall–Kier alpha value is -2.24. The first-order valence-electron chi connectivity index (χ1n) is 7.00. The fourth-order valence-corrected chi connectivity index (χ4v) is 2.63. The van der Waals surface area contributed by atoms with E-state index in [1.807, 2.05) is 0 Å². The van der Waals surface area contributed by atoms with Crippen LogP contribution < -0.4 is 15.8 Å². The predicted molar refractivity (Wildman–Crippen MR) is 80.1 cm³/mol. The Morgan fingerprint density at radius 2 is 2.14 bits per heavy atom. The maximum absolute atomic E-state index is 12.6. The lowest BCUT2D eigenvalue weighted by Gasteiger charge is -2.32. The summed E-state index contributed by atoms with van der Waals surface area (Å²) in [6, 6.07) is 4.97. The molecule has 6 heteroatoms. The summed E-state index contributed by atoms with van der Waals surface area (Å²) in [5.41, 5.74) is 6.76. The minimum absolute atomic E-state index is 0.0161. The summed E-state index contributed by atoms with van der Waals surface area (Å²) in [6.45, 7) is 1.10. The summed E-state index contributed by atoms with van der Waals surface area (Å²) >= 11 is 0. The molecule has 1 fully saturated rings. The van der Waals surface area contributed by atoms with Crippen molar-refractivity contribution in [3.8, 4) is 5.75 Å². The van der Waals surface area contributed by atoms with E-state index in [9.17, 15) is 9.59 Å². The molecule has 1 atom stereocenters. The van der Waals surface area contributed by atoms with Crippen LogP contribution in [-0.4, -0.2) is 44.0 Å². The number of hydrogen-bond donors (Lipinski definition) is 2. The number of methoxy groups -OCH3 is 1. The molecule has 1 aromatic carbocycles. The van der Waals surface area contributed by atoms with Crippen molar-refractivity contribution < 1.29 is 14.3 Å². The number of carbonyl (C=O) groups is 2. The molecule has 0 bridgehead atoms. The number of nitrogen functional groups attached to an aromatic ring is 1. The number of nitrogens with one attached hydrogen (secondary N) is 1. The fraction of sp³-hybridized carbons (Fsp3) is 0.467. The number of likely N-dealkylation sites (tertiary alicyclic amines) is 1. The monoisotopic (exact) mass is 291 g/mol. The van der Waals surface area contributed by atoms with Gasteiger partial charge in [-0.15, -0.1) is 0 Å².